The van der Waals surface area contributed by atoms with Gasteiger partial charge in [-0.1, -0.05) is 11.6 Å². The summed E-state index contributed by atoms with van der Waals surface area (Å²) in [7, 11) is 2.10. The van der Waals surface area contributed by atoms with E-state index < -0.39 is 5.97 Å². The normalized spacial score (nSPS) is 14.8. The smallest absolute Gasteiger partial charge is 0.337 e. The van der Waals surface area contributed by atoms with Gasteiger partial charge < -0.3 is 15.3 Å². The molecule has 1 saturated carbocycles. The molecule has 0 aliphatic heterocycles. The van der Waals surface area contributed by atoms with Gasteiger partial charge in [0, 0.05) is 29.8 Å². The minimum atomic E-state index is -0.962. The van der Waals surface area contributed by atoms with Gasteiger partial charge in [-0.25, -0.2) is 4.79 Å². The number of carboxylic acids is 1. The van der Waals surface area contributed by atoms with Crippen LogP contribution in [-0.4, -0.2) is 42.2 Å². The molecule has 2 N–H and O–H groups in total. The van der Waals surface area contributed by atoms with Gasteiger partial charge in [0.1, 0.15) is 0 Å². The standard InChI is InChI=1S/C13H17ClN2O2/c1-16(10-3-4-10)7-6-15-12-5-2-9(14)8-11(12)13(17)18/h2,5,8,10,15H,3-4,6-7H2,1H3,(H,17,18). The van der Waals surface area contributed by atoms with Crippen molar-refractivity contribution in [3.8, 4) is 0 Å². The highest BCUT2D eigenvalue weighted by atomic mass is 35.5. The molecule has 0 bridgehead atoms. The highest BCUT2D eigenvalue weighted by Crippen LogP contribution is 2.25. The molecule has 1 aliphatic carbocycles. The van der Waals surface area contributed by atoms with Gasteiger partial charge in [0.25, 0.3) is 0 Å². The molecule has 0 spiro atoms. The van der Waals surface area contributed by atoms with Gasteiger partial charge in [0.15, 0.2) is 0 Å². The molecule has 2 rings (SSSR count). The lowest BCUT2D eigenvalue weighted by molar-refractivity contribution is 0.0698. The quantitative estimate of drug-likeness (QED) is 0.833. The lowest BCUT2D eigenvalue weighted by Crippen LogP contribution is -2.27. The van der Waals surface area contributed by atoms with Crippen LogP contribution in [0.5, 0.6) is 0 Å². The number of benzene rings is 1. The van der Waals surface area contributed by atoms with Crippen molar-refractivity contribution in [3.63, 3.8) is 0 Å². The summed E-state index contributed by atoms with van der Waals surface area (Å²) in [4.78, 5) is 13.4. The zero-order chi connectivity index (χ0) is 13.1. The van der Waals surface area contributed by atoms with Crippen LogP contribution in [0.4, 0.5) is 5.69 Å². The van der Waals surface area contributed by atoms with Crippen LogP contribution in [0.1, 0.15) is 23.2 Å². The summed E-state index contributed by atoms with van der Waals surface area (Å²) in [5.74, 6) is -0.962. The van der Waals surface area contributed by atoms with Crippen molar-refractivity contribution in [2.24, 2.45) is 0 Å². The molecule has 1 aromatic carbocycles. The van der Waals surface area contributed by atoms with Crippen LogP contribution >= 0.6 is 11.6 Å². The van der Waals surface area contributed by atoms with E-state index in [4.69, 9.17) is 16.7 Å². The number of likely N-dealkylation sites (N-methyl/N-ethyl adjacent to an activating group) is 1. The summed E-state index contributed by atoms with van der Waals surface area (Å²) in [6.45, 7) is 1.64. The fourth-order valence-corrected chi connectivity index (χ4v) is 2.08. The number of hydrogen-bond donors (Lipinski definition) is 2. The van der Waals surface area contributed by atoms with Gasteiger partial charge in [0.2, 0.25) is 0 Å². The van der Waals surface area contributed by atoms with E-state index in [9.17, 15) is 4.79 Å². The largest absolute Gasteiger partial charge is 0.478 e. The highest BCUT2D eigenvalue weighted by Gasteiger charge is 2.25. The van der Waals surface area contributed by atoms with E-state index in [1.807, 2.05) is 0 Å². The van der Waals surface area contributed by atoms with Crippen LogP contribution in [0, 0.1) is 0 Å². The molecule has 98 valence electrons. The van der Waals surface area contributed by atoms with E-state index in [-0.39, 0.29) is 5.56 Å². The molecule has 1 fully saturated rings. The Kier molecular flexibility index (Phi) is 4.09. The molecule has 1 aliphatic rings. The summed E-state index contributed by atoms with van der Waals surface area (Å²) >= 11 is 5.80. The second-order valence-electron chi connectivity index (χ2n) is 4.63. The maximum absolute atomic E-state index is 11.1. The maximum atomic E-state index is 11.1. The van der Waals surface area contributed by atoms with E-state index in [0.29, 0.717) is 10.7 Å². The molecule has 0 aromatic heterocycles. The molecule has 18 heavy (non-hydrogen) atoms. The highest BCUT2D eigenvalue weighted by molar-refractivity contribution is 6.31. The average molecular weight is 269 g/mol. The minimum absolute atomic E-state index is 0.219. The van der Waals surface area contributed by atoms with Crippen molar-refractivity contribution in [2.45, 2.75) is 18.9 Å². The SMILES string of the molecule is CN(CCNc1ccc(Cl)cc1C(=O)O)C1CC1. The van der Waals surface area contributed by atoms with Gasteiger partial charge >= 0.3 is 5.97 Å². The Hall–Kier alpha value is -1.26. The van der Waals surface area contributed by atoms with Crippen molar-refractivity contribution < 1.29 is 9.90 Å². The van der Waals surface area contributed by atoms with E-state index in [1.165, 1.54) is 18.9 Å². The lowest BCUT2D eigenvalue weighted by atomic mass is 10.2. The fourth-order valence-electron chi connectivity index (χ4n) is 1.91. The molecular weight excluding hydrogens is 252 g/mol. The second-order valence-corrected chi connectivity index (χ2v) is 5.07. The topological polar surface area (TPSA) is 52.6 Å². The molecular formula is C13H17ClN2O2. The third-order valence-electron chi connectivity index (χ3n) is 3.16. The van der Waals surface area contributed by atoms with Gasteiger partial charge in [-0.15, -0.1) is 0 Å². The molecule has 0 unspecified atom stereocenters. The third-order valence-corrected chi connectivity index (χ3v) is 3.40. The number of rotatable bonds is 6. The maximum Gasteiger partial charge on any atom is 0.337 e. The third kappa shape index (κ3) is 3.37. The molecule has 0 amide bonds. The zero-order valence-corrected chi connectivity index (χ0v) is 11.1. The second kappa shape index (κ2) is 5.59. The van der Waals surface area contributed by atoms with Crippen molar-refractivity contribution in [3.05, 3.63) is 28.8 Å². The first kappa shape index (κ1) is 13.2. The number of anilines is 1. The predicted octanol–water partition coefficient (Wildman–Crippen LogP) is 2.54. The van der Waals surface area contributed by atoms with Crippen molar-refractivity contribution >= 4 is 23.3 Å². The van der Waals surface area contributed by atoms with Crippen LogP contribution in [0.3, 0.4) is 0 Å². The molecule has 0 radical (unpaired) electrons. The van der Waals surface area contributed by atoms with Crippen LogP contribution in [0.25, 0.3) is 0 Å². The molecule has 4 nitrogen and oxygen atoms in total. The number of halogens is 1. The first-order valence-corrected chi connectivity index (χ1v) is 6.42. The number of carbonyl (C=O) groups is 1. The summed E-state index contributed by atoms with van der Waals surface area (Å²) in [5, 5.41) is 12.7. The molecule has 0 heterocycles. The fraction of sp³-hybridized carbons (Fsp3) is 0.462. The van der Waals surface area contributed by atoms with E-state index in [2.05, 4.69) is 17.3 Å². The van der Waals surface area contributed by atoms with E-state index in [0.717, 1.165) is 19.1 Å². The number of hydrogen-bond acceptors (Lipinski definition) is 3. The lowest BCUT2D eigenvalue weighted by Gasteiger charge is -2.17. The van der Waals surface area contributed by atoms with Crippen molar-refractivity contribution in [1.82, 2.24) is 4.90 Å². The summed E-state index contributed by atoms with van der Waals surface area (Å²) in [6.07, 6.45) is 2.55. The van der Waals surface area contributed by atoms with Crippen molar-refractivity contribution in [1.29, 1.82) is 0 Å². The Morgan fingerprint density at radius 1 is 1.56 bits per heavy atom. The van der Waals surface area contributed by atoms with Gasteiger partial charge in [-0.3, -0.25) is 0 Å². The Morgan fingerprint density at radius 3 is 2.89 bits per heavy atom. The number of nitrogens with zero attached hydrogens (tertiary/aromatic N) is 1. The molecule has 0 saturated heterocycles. The summed E-state index contributed by atoms with van der Waals surface area (Å²) in [5.41, 5.74) is 0.840. The van der Waals surface area contributed by atoms with E-state index in [1.54, 1.807) is 12.1 Å². The first-order chi connectivity index (χ1) is 8.58. The van der Waals surface area contributed by atoms with Crippen LogP contribution in [-0.2, 0) is 0 Å². The summed E-state index contributed by atoms with van der Waals surface area (Å²) < 4.78 is 0. The summed E-state index contributed by atoms with van der Waals surface area (Å²) in [6, 6.07) is 5.59. The van der Waals surface area contributed by atoms with E-state index >= 15 is 0 Å². The Morgan fingerprint density at radius 2 is 2.28 bits per heavy atom. The Balaban J connectivity index is 1.93. The molecule has 5 heteroatoms. The number of nitrogens with one attached hydrogen (secondary N) is 1. The minimum Gasteiger partial charge on any atom is -0.478 e. The van der Waals surface area contributed by atoms with Crippen LogP contribution in [0.15, 0.2) is 18.2 Å². The van der Waals surface area contributed by atoms with Crippen molar-refractivity contribution in [2.75, 3.05) is 25.5 Å². The van der Waals surface area contributed by atoms with Gasteiger partial charge in [-0.2, -0.15) is 0 Å². The predicted molar refractivity (Wildman–Crippen MR) is 72.6 cm³/mol. The number of carboxylic acid groups (broad SMARTS) is 1. The van der Waals surface area contributed by atoms with Gasteiger partial charge in [0.05, 0.1) is 5.56 Å². The molecule has 1 aromatic rings. The van der Waals surface area contributed by atoms with Crippen LogP contribution < -0.4 is 5.32 Å². The Labute approximate surface area is 112 Å². The first-order valence-electron chi connectivity index (χ1n) is 6.05. The van der Waals surface area contributed by atoms with Gasteiger partial charge in [-0.05, 0) is 38.1 Å². The Bertz CT molecular complexity index is 447. The average Bonchev–Trinajstić information content (AvgIpc) is 3.14. The molecule has 0 atom stereocenters. The van der Waals surface area contributed by atoms with Crippen LogP contribution in [0.2, 0.25) is 5.02 Å². The zero-order valence-electron chi connectivity index (χ0n) is 10.3. The number of aromatic carboxylic acids is 1. The monoisotopic (exact) mass is 268 g/mol.